The fourth-order valence-electron chi connectivity index (χ4n) is 1.53. The molecule has 0 aliphatic heterocycles. The predicted molar refractivity (Wildman–Crippen MR) is 55.2 cm³/mol. The predicted octanol–water partition coefficient (Wildman–Crippen LogP) is 2.68. The second kappa shape index (κ2) is 3.56. The van der Waals surface area contributed by atoms with Crippen molar-refractivity contribution in [3.05, 3.63) is 27.8 Å². The topological polar surface area (TPSA) is 46.2 Å². The Labute approximate surface area is 83.3 Å². The molecule has 72 valence electrons. The minimum Gasteiger partial charge on any atom is -0.508 e. The summed E-state index contributed by atoms with van der Waals surface area (Å²) in [5.41, 5.74) is 8.19. The molecule has 0 aliphatic rings. The summed E-state index contributed by atoms with van der Waals surface area (Å²) in [5, 5.41) is 10.3. The maximum absolute atomic E-state index is 9.63. The molecule has 0 bridgehead atoms. The Morgan fingerprint density at radius 1 is 1.46 bits per heavy atom. The lowest BCUT2D eigenvalue weighted by atomic mass is 9.99. The van der Waals surface area contributed by atoms with Crippen LogP contribution in [0.15, 0.2) is 6.07 Å². The number of aromatic hydroxyl groups is 1. The van der Waals surface area contributed by atoms with Crippen molar-refractivity contribution in [1.82, 2.24) is 0 Å². The number of phenolic OH excluding ortho intramolecular Hbond substituents is 1. The molecule has 1 aromatic carbocycles. The zero-order valence-electron chi connectivity index (χ0n) is 8.06. The zero-order chi connectivity index (χ0) is 10.2. The van der Waals surface area contributed by atoms with Gasteiger partial charge in [-0.25, -0.2) is 0 Å². The SMILES string of the molecule is Cc1cc(O)c([C@@H](C)N)c(C)c1Cl. The fraction of sp³-hybridized carbons (Fsp3) is 0.400. The smallest absolute Gasteiger partial charge is 0.120 e. The van der Waals surface area contributed by atoms with E-state index in [9.17, 15) is 5.11 Å². The third-order valence-electron chi connectivity index (χ3n) is 2.16. The van der Waals surface area contributed by atoms with E-state index < -0.39 is 0 Å². The van der Waals surface area contributed by atoms with Gasteiger partial charge in [0.15, 0.2) is 0 Å². The summed E-state index contributed by atoms with van der Waals surface area (Å²) >= 11 is 6.03. The lowest BCUT2D eigenvalue weighted by Crippen LogP contribution is -2.08. The van der Waals surface area contributed by atoms with Gasteiger partial charge in [-0.15, -0.1) is 0 Å². The third kappa shape index (κ3) is 1.79. The van der Waals surface area contributed by atoms with Crippen LogP contribution in [0.3, 0.4) is 0 Å². The van der Waals surface area contributed by atoms with Crippen LogP contribution in [0.1, 0.15) is 29.7 Å². The molecule has 0 amide bonds. The molecule has 0 unspecified atom stereocenters. The van der Waals surface area contributed by atoms with Gasteiger partial charge in [-0.05, 0) is 38.0 Å². The Balaban J connectivity index is 3.44. The maximum atomic E-state index is 9.63. The van der Waals surface area contributed by atoms with Gasteiger partial charge in [0.1, 0.15) is 5.75 Å². The number of benzene rings is 1. The fourth-order valence-corrected chi connectivity index (χ4v) is 1.68. The van der Waals surface area contributed by atoms with E-state index in [4.69, 9.17) is 17.3 Å². The van der Waals surface area contributed by atoms with Gasteiger partial charge in [-0.1, -0.05) is 11.6 Å². The summed E-state index contributed by atoms with van der Waals surface area (Å²) in [4.78, 5) is 0. The Morgan fingerprint density at radius 3 is 2.46 bits per heavy atom. The van der Waals surface area contributed by atoms with Gasteiger partial charge in [0.2, 0.25) is 0 Å². The number of rotatable bonds is 1. The summed E-state index contributed by atoms with van der Waals surface area (Å²) in [7, 11) is 0. The molecule has 1 aromatic rings. The van der Waals surface area contributed by atoms with Crippen LogP contribution in [0.4, 0.5) is 0 Å². The average Bonchev–Trinajstić information content (AvgIpc) is 1.99. The van der Waals surface area contributed by atoms with Crippen molar-refractivity contribution < 1.29 is 5.11 Å². The minimum absolute atomic E-state index is 0.196. The standard InChI is InChI=1S/C10H14ClNO/c1-5-4-8(13)9(7(3)12)6(2)10(5)11/h4,7,13H,12H2,1-3H3/t7-/m1/s1. The van der Waals surface area contributed by atoms with Gasteiger partial charge < -0.3 is 10.8 Å². The molecule has 3 N–H and O–H groups in total. The average molecular weight is 200 g/mol. The van der Waals surface area contributed by atoms with Crippen molar-refractivity contribution in [2.75, 3.05) is 0 Å². The Hall–Kier alpha value is -0.730. The molecule has 3 heteroatoms. The molecule has 2 nitrogen and oxygen atoms in total. The van der Waals surface area contributed by atoms with Crippen molar-refractivity contribution in [2.45, 2.75) is 26.8 Å². The van der Waals surface area contributed by atoms with Gasteiger partial charge in [0, 0.05) is 16.6 Å². The zero-order valence-corrected chi connectivity index (χ0v) is 8.81. The number of hydrogen-bond donors (Lipinski definition) is 2. The first kappa shape index (κ1) is 10.4. The molecule has 0 fully saturated rings. The van der Waals surface area contributed by atoms with E-state index in [2.05, 4.69) is 0 Å². The van der Waals surface area contributed by atoms with Crippen molar-refractivity contribution >= 4 is 11.6 Å². The summed E-state index contributed by atoms with van der Waals surface area (Å²) in [5.74, 6) is 0.231. The highest BCUT2D eigenvalue weighted by molar-refractivity contribution is 6.32. The Bertz CT molecular complexity index is 334. The second-order valence-electron chi connectivity index (χ2n) is 3.35. The lowest BCUT2D eigenvalue weighted by molar-refractivity contribution is 0.462. The van der Waals surface area contributed by atoms with Crippen molar-refractivity contribution in [3.63, 3.8) is 0 Å². The monoisotopic (exact) mass is 199 g/mol. The molecular formula is C10H14ClNO. The van der Waals surface area contributed by atoms with Gasteiger partial charge in [-0.2, -0.15) is 0 Å². The Kier molecular flexibility index (Phi) is 2.84. The molecular weight excluding hydrogens is 186 g/mol. The number of phenols is 1. The first-order valence-electron chi connectivity index (χ1n) is 4.19. The summed E-state index contributed by atoms with van der Waals surface area (Å²) in [6.07, 6.45) is 0. The highest BCUT2D eigenvalue weighted by Crippen LogP contribution is 2.33. The van der Waals surface area contributed by atoms with Crippen LogP contribution in [0.2, 0.25) is 5.02 Å². The van der Waals surface area contributed by atoms with Gasteiger partial charge in [0.25, 0.3) is 0 Å². The normalized spacial score (nSPS) is 13.0. The van der Waals surface area contributed by atoms with Gasteiger partial charge in [-0.3, -0.25) is 0 Å². The van der Waals surface area contributed by atoms with E-state index in [0.29, 0.717) is 5.02 Å². The molecule has 0 radical (unpaired) electrons. The van der Waals surface area contributed by atoms with E-state index in [1.807, 2.05) is 20.8 Å². The van der Waals surface area contributed by atoms with Crippen LogP contribution in [-0.4, -0.2) is 5.11 Å². The Morgan fingerprint density at radius 2 is 2.00 bits per heavy atom. The summed E-state index contributed by atoms with van der Waals surface area (Å²) in [6, 6.07) is 1.45. The molecule has 13 heavy (non-hydrogen) atoms. The number of hydrogen-bond acceptors (Lipinski definition) is 2. The molecule has 0 spiro atoms. The van der Waals surface area contributed by atoms with Crippen LogP contribution in [0.25, 0.3) is 0 Å². The van der Waals surface area contributed by atoms with Crippen molar-refractivity contribution in [3.8, 4) is 5.75 Å². The minimum atomic E-state index is -0.196. The largest absolute Gasteiger partial charge is 0.508 e. The quantitative estimate of drug-likeness (QED) is 0.731. The first-order valence-corrected chi connectivity index (χ1v) is 4.57. The summed E-state index contributed by atoms with van der Waals surface area (Å²) < 4.78 is 0. The molecule has 0 heterocycles. The van der Waals surface area contributed by atoms with Crippen LogP contribution in [0.5, 0.6) is 5.75 Å². The van der Waals surface area contributed by atoms with Crippen LogP contribution in [0, 0.1) is 13.8 Å². The van der Waals surface area contributed by atoms with Crippen molar-refractivity contribution in [1.29, 1.82) is 0 Å². The third-order valence-corrected chi connectivity index (χ3v) is 2.75. The first-order chi connectivity index (χ1) is 5.95. The molecule has 0 saturated carbocycles. The molecule has 1 atom stereocenters. The molecule has 1 rings (SSSR count). The van der Waals surface area contributed by atoms with E-state index in [1.165, 1.54) is 0 Å². The highest BCUT2D eigenvalue weighted by Gasteiger charge is 2.13. The van der Waals surface area contributed by atoms with Gasteiger partial charge >= 0.3 is 0 Å². The summed E-state index contributed by atoms with van der Waals surface area (Å²) in [6.45, 7) is 5.56. The maximum Gasteiger partial charge on any atom is 0.120 e. The van der Waals surface area contributed by atoms with Crippen LogP contribution < -0.4 is 5.73 Å². The highest BCUT2D eigenvalue weighted by atomic mass is 35.5. The van der Waals surface area contributed by atoms with E-state index in [1.54, 1.807) is 6.07 Å². The number of nitrogens with two attached hydrogens (primary N) is 1. The van der Waals surface area contributed by atoms with Gasteiger partial charge in [0.05, 0.1) is 0 Å². The van der Waals surface area contributed by atoms with Crippen molar-refractivity contribution in [2.24, 2.45) is 5.73 Å². The van der Waals surface area contributed by atoms with E-state index in [0.717, 1.165) is 16.7 Å². The molecule has 0 aromatic heterocycles. The number of halogens is 1. The second-order valence-corrected chi connectivity index (χ2v) is 3.73. The molecule has 0 aliphatic carbocycles. The molecule has 0 saturated heterocycles. The van der Waals surface area contributed by atoms with Crippen LogP contribution in [-0.2, 0) is 0 Å². The lowest BCUT2D eigenvalue weighted by Gasteiger charge is -2.14. The van der Waals surface area contributed by atoms with Crippen LogP contribution >= 0.6 is 11.6 Å². The van der Waals surface area contributed by atoms with E-state index >= 15 is 0 Å². The van der Waals surface area contributed by atoms with E-state index in [-0.39, 0.29) is 11.8 Å². The number of aryl methyl sites for hydroxylation is 1.